The Morgan fingerprint density at radius 2 is 1.90 bits per heavy atom. The Morgan fingerprint density at radius 3 is 2.45 bits per heavy atom. The third kappa shape index (κ3) is 5.29. The van der Waals surface area contributed by atoms with Gasteiger partial charge in [0.1, 0.15) is 5.75 Å². The molecule has 1 saturated heterocycles. The largest absolute Gasteiger partial charge is 0.496 e. The lowest BCUT2D eigenvalue weighted by Crippen LogP contribution is -2.49. The molecule has 1 aromatic carbocycles. The molecule has 0 saturated carbocycles. The summed E-state index contributed by atoms with van der Waals surface area (Å²) in [6.45, 7) is 8.88. The topological polar surface area (TPSA) is 79.0 Å². The molecule has 2 atom stereocenters. The molecule has 1 aliphatic heterocycles. The van der Waals surface area contributed by atoms with Crippen LogP contribution in [0.15, 0.2) is 12.1 Å². The maximum absolute atomic E-state index is 12.9. The van der Waals surface area contributed by atoms with Crippen LogP contribution < -0.4 is 10.1 Å². The van der Waals surface area contributed by atoms with Crippen LogP contribution in [-0.2, 0) is 15.0 Å². The number of amides is 1. The van der Waals surface area contributed by atoms with Crippen molar-refractivity contribution in [1.82, 2.24) is 13.9 Å². The van der Waals surface area contributed by atoms with Gasteiger partial charge < -0.3 is 10.1 Å². The van der Waals surface area contributed by atoms with Crippen LogP contribution in [-0.4, -0.2) is 57.2 Å². The highest BCUT2D eigenvalue weighted by atomic mass is 32.2. The molecule has 1 N–H and O–H groups in total. The summed E-state index contributed by atoms with van der Waals surface area (Å²) >= 11 is 0. The standard InChI is InChI=1S/C21H35N3O4S/c1-14(2)18-12-19(15(3)11-20(18)28-7)16(4)22-21(25)17-9-8-10-24(13-17)29(26,27)23(5)6/h11-12,14,16-17H,8-10,13H2,1-7H3,(H,22,25)/t16-,17-/m1/s1. The predicted octanol–water partition coefficient (Wildman–Crippen LogP) is 2.82. The highest BCUT2D eigenvalue weighted by molar-refractivity contribution is 7.86. The van der Waals surface area contributed by atoms with Gasteiger partial charge in [0.15, 0.2) is 0 Å². The highest BCUT2D eigenvalue weighted by Crippen LogP contribution is 2.32. The minimum atomic E-state index is -3.50. The fourth-order valence-electron chi connectivity index (χ4n) is 3.82. The van der Waals surface area contributed by atoms with Crippen LogP contribution in [0.5, 0.6) is 5.75 Å². The second kappa shape index (κ2) is 9.45. The number of piperidine rings is 1. The van der Waals surface area contributed by atoms with Crippen LogP contribution in [0.3, 0.4) is 0 Å². The van der Waals surface area contributed by atoms with Gasteiger partial charge >= 0.3 is 0 Å². The summed E-state index contributed by atoms with van der Waals surface area (Å²) in [6, 6.07) is 3.94. The Balaban J connectivity index is 2.15. The van der Waals surface area contributed by atoms with Gasteiger partial charge in [0, 0.05) is 27.2 Å². The summed E-state index contributed by atoms with van der Waals surface area (Å²) in [7, 11) is 1.19. The first kappa shape index (κ1) is 23.6. The van der Waals surface area contributed by atoms with Crippen LogP contribution in [0, 0.1) is 12.8 Å². The van der Waals surface area contributed by atoms with Gasteiger partial charge in [0.05, 0.1) is 19.1 Å². The SMILES string of the molecule is COc1cc(C)c([C@@H](C)NC(=O)[C@@H]2CCCN(S(=O)(=O)N(C)C)C2)cc1C(C)C. The molecular weight excluding hydrogens is 390 g/mol. The van der Waals surface area contributed by atoms with Gasteiger partial charge in [-0.15, -0.1) is 0 Å². The summed E-state index contributed by atoms with van der Waals surface area (Å²) in [6.07, 6.45) is 1.37. The zero-order valence-electron chi connectivity index (χ0n) is 18.7. The van der Waals surface area contributed by atoms with E-state index in [2.05, 4.69) is 25.2 Å². The second-order valence-corrected chi connectivity index (χ2v) is 10.5. The Hall–Kier alpha value is -1.64. The molecule has 1 amide bonds. The number of methoxy groups -OCH3 is 1. The van der Waals surface area contributed by atoms with Crippen molar-refractivity contribution >= 4 is 16.1 Å². The number of carbonyl (C=O) groups excluding carboxylic acids is 1. The minimum Gasteiger partial charge on any atom is -0.496 e. The van der Waals surface area contributed by atoms with Crippen molar-refractivity contribution in [2.75, 3.05) is 34.3 Å². The second-order valence-electron chi connectivity index (χ2n) is 8.32. The van der Waals surface area contributed by atoms with Gasteiger partial charge in [-0.05, 0) is 61.4 Å². The van der Waals surface area contributed by atoms with Gasteiger partial charge in [-0.2, -0.15) is 17.0 Å². The number of nitrogens with zero attached hydrogens (tertiary/aromatic N) is 2. The first-order chi connectivity index (χ1) is 13.5. The highest BCUT2D eigenvalue weighted by Gasteiger charge is 2.34. The molecule has 0 radical (unpaired) electrons. The maximum atomic E-state index is 12.9. The summed E-state index contributed by atoms with van der Waals surface area (Å²) in [5.41, 5.74) is 3.21. The van der Waals surface area contributed by atoms with E-state index in [1.165, 1.54) is 22.7 Å². The van der Waals surface area contributed by atoms with Crippen molar-refractivity contribution in [2.24, 2.45) is 5.92 Å². The van der Waals surface area contributed by atoms with E-state index in [-0.39, 0.29) is 24.4 Å². The van der Waals surface area contributed by atoms with Crippen molar-refractivity contribution < 1.29 is 17.9 Å². The van der Waals surface area contributed by atoms with E-state index in [1.807, 2.05) is 19.9 Å². The van der Waals surface area contributed by atoms with Crippen molar-refractivity contribution in [3.8, 4) is 5.75 Å². The lowest BCUT2D eigenvalue weighted by molar-refractivity contribution is -0.126. The maximum Gasteiger partial charge on any atom is 0.281 e. The molecule has 0 aromatic heterocycles. The van der Waals surface area contributed by atoms with Crippen molar-refractivity contribution in [3.63, 3.8) is 0 Å². The average Bonchev–Trinajstić information content (AvgIpc) is 2.67. The molecule has 164 valence electrons. The molecule has 7 nitrogen and oxygen atoms in total. The van der Waals surface area contributed by atoms with Crippen LogP contribution >= 0.6 is 0 Å². The van der Waals surface area contributed by atoms with E-state index in [4.69, 9.17) is 4.74 Å². The van der Waals surface area contributed by atoms with Gasteiger partial charge in [-0.3, -0.25) is 4.79 Å². The summed E-state index contributed by atoms with van der Waals surface area (Å²) < 4.78 is 32.9. The monoisotopic (exact) mass is 425 g/mol. The smallest absolute Gasteiger partial charge is 0.281 e. The fourth-order valence-corrected chi connectivity index (χ4v) is 5.01. The van der Waals surface area contributed by atoms with Gasteiger partial charge in [-0.1, -0.05) is 13.8 Å². The van der Waals surface area contributed by atoms with E-state index < -0.39 is 10.2 Å². The predicted molar refractivity (Wildman–Crippen MR) is 115 cm³/mol. The van der Waals surface area contributed by atoms with E-state index in [9.17, 15) is 13.2 Å². The summed E-state index contributed by atoms with van der Waals surface area (Å²) in [4.78, 5) is 12.9. The molecular formula is C21H35N3O4S. The zero-order valence-corrected chi connectivity index (χ0v) is 19.5. The number of carbonyl (C=O) groups is 1. The summed E-state index contributed by atoms with van der Waals surface area (Å²) in [5, 5.41) is 3.10. The van der Waals surface area contributed by atoms with Crippen molar-refractivity contribution in [2.45, 2.75) is 52.5 Å². The number of rotatable bonds is 7. The molecule has 0 bridgehead atoms. The normalized spacial score (nSPS) is 19.4. The molecule has 0 unspecified atom stereocenters. The van der Waals surface area contributed by atoms with E-state index in [0.717, 1.165) is 22.4 Å². The molecule has 1 heterocycles. The molecule has 0 spiro atoms. The molecule has 8 heteroatoms. The van der Waals surface area contributed by atoms with Gasteiger partial charge in [-0.25, -0.2) is 0 Å². The Labute approximate surface area is 175 Å². The molecule has 29 heavy (non-hydrogen) atoms. The lowest BCUT2D eigenvalue weighted by Gasteiger charge is -2.33. The summed E-state index contributed by atoms with van der Waals surface area (Å²) in [5.74, 6) is 0.716. The third-order valence-corrected chi connectivity index (χ3v) is 7.52. The van der Waals surface area contributed by atoms with E-state index in [0.29, 0.717) is 25.3 Å². The Bertz CT molecular complexity index is 837. The molecule has 1 aromatic rings. The lowest BCUT2D eigenvalue weighted by atomic mass is 9.92. The Kier molecular flexibility index (Phi) is 7.70. The van der Waals surface area contributed by atoms with Crippen LogP contribution in [0.1, 0.15) is 62.3 Å². The van der Waals surface area contributed by atoms with E-state index in [1.54, 1.807) is 7.11 Å². The van der Waals surface area contributed by atoms with Crippen LogP contribution in [0.25, 0.3) is 0 Å². The molecule has 2 rings (SSSR count). The average molecular weight is 426 g/mol. The van der Waals surface area contributed by atoms with Crippen molar-refractivity contribution in [3.05, 3.63) is 28.8 Å². The van der Waals surface area contributed by atoms with E-state index >= 15 is 0 Å². The van der Waals surface area contributed by atoms with Gasteiger partial charge in [0.2, 0.25) is 5.91 Å². The third-order valence-electron chi connectivity index (χ3n) is 5.61. The number of nitrogens with one attached hydrogen (secondary N) is 1. The number of benzene rings is 1. The molecule has 0 aliphatic carbocycles. The fraction of sp³-hybridized carbons (Fsp3) is 0.667. The van der Waals surface area contributed by atoms with Gasteiger partial charge in [0.25, 0.3) is 10.2 Å². The first-order valence-corrected chi connectivity index (χ1v) is 11.5. The zero-order chi connectivity index (χ0) is 21.9. The number of hydrogen-bond acceptors (Lipinski definition) is 4. The van der Waals surface area contributed by atoms with Crippen LogP contribution in [0.4, 0.5) is 0 Å². The number of ether oxygens (including phenoxy) is 1. The van der Waals surface area contributed by atoms with Crippen LogP contribution in [0.2, 0.25) is 0 Å². The molecule has 1 aliphatic rings. The Morgan fingerprint density at radius 1 is 1.24 bits per heavy atom. The quantitative estimate of drug-likeness (QED) is 0.729. The minimum absolute atomic E-state index is 0.0996. The van der Waals surface area contributed by atoms with Crippen molar-refractivity contribution in [1.29, 1.82) is 0 Å². The number of hydrogen-bond donors (Lipinski definition) is 1. The molecule has 1 fully saturated rings. The first-order valence-electron chi connectivity index (χ1n) is 10.1. The number of aryl methyl sites for hydroxylation is 1.